The van der Waals surface area contributed by atoms with E-state index in [0.717, 1.165) is 16.7 Å². The Morgan fingerprint density at radius 2 is 1.71 bits per heavy atom. The van der Waals surface area contributed by atoms with Crippen LogP contribution in [-0.4, -0.2) is 26.5 Å². The van der Waals surface area contributed by atoms with Crippen LogP contribution in [0.2, 0.25) is 0 Å². The van der Waals surface area contributed by atoms with Crippen LogP contribution < -0.4 is 5.32 Å². The van der Waals surface area contributed by atoms with Crippen molar-refractivity contribution in [1.82, 2.24) is 14.8 Å². The molecule has 0 aliphatic heterocycles. The molecule has 3 aromatic heterocycles. The summed E-state index contributed by atoms with van der Waals surface area (Å²) < 4.78 is 12.9. The van der Waals surface area contributed by atoms with Crippen molar-refractivity contribution in [2.75, 3.05) is 5.32 Å². The fourth-order valence-electron chi connectivity index (χ4n) is 3.76. The van der Waals surface area contributed by atoms with E-state index in [4.69, 9.17) is 8.83 Å². The van der Waals surface area contributed by atoms with Gasteiger partial charge in [0.25, 0.3) is 5.91 Å². The largest absolute Gasteiger partial charge is 0.456 e. The Kier molecular flexibility index (Phi) is 5.85. The first-order valence-corrected chi connectivity index (χ1v) is 11.0. The number of rotatable bonds is 7. The van der Waals surface area contributed by atoms with Gasteiger partial charge in [-0.2, -0.15) is 5.10 Å². The lowest BCUT2D eigenvalue weighted by Gasteiger charge is -2.06. The average Bonchev–Trinajstić information content (AvgIpc) is 3.60. The molecule has 0 aliphatic rings. The van der Waals surface area contributed by atoms with Crippen molar-refractivity contribution >= 4 is 17.4 Å². The number of anilines is 1. The zero-order valence-corrected chi connectivity index (χ0v) is 19.2. The van der Waals surface area contributed by atoms with Gasteiger partial charge in [-0.3, -0.25) is 14.3 Å². The van der Waals surface area contributed by atoms with Crippen LogP contribution in [0.25, 0.3) is 22.5 Å². The van der Waals surface area contributed by atoms with Gasteiger partial charge < -0.3 is 14.2 Å². The lowest BCUT2D eigenvalue weighted by Crippen LogP contribution is -2.13. The van der Waals surface area contributed by atoms with Crippen molar-refractivity contribution in [3.05, 3.63) is 102 Å². The number of amides is 1. The summed E-state index contributed by atoms with van der Waals surface area (Å²) >= 11 is 0. The molecule has 0 unspecified atom stereocenters. The molecule has 0 atom stereocenters. The van der Waals surface area contributed by atoms with Crippen molar-refractivity contribution in [3.8, 4) is 22.5 Å². The number of hydrogen-bond acceptors (Lipinski definition) is 6. The predicted octanol–water partition coefficient (Wildman–Crippen LogP) is 5.61. The molecule has 3 heterocycles. The molecule has 35 heavy (non-hydrogen) atoms. The molecule has 0 spiro atoms. The highest BCUT2D eigenvalue weighted by atomic mass is 16.4. The van der Waals surface area contributed by atoms with Crippen LogP contribution in [0, 0.1) is 6.92 Å². The van der Waals surface area contributed by atoms with E-state index < -0.39 is 5.91 Å². The Balaban J connectivity index is 1.35. The maximum Gasteiger partial charge on any atom is 0.278 e. The minimum absolute atomic E-state index is 0.141. The number of carbonyl (C=O) groups excluding carboxylic acids is 2. The number of nitrogens with zero attached hydrogens (tertiary/aromatic N) is 3. The molecule has 0 saturated carbocycles. The molecule has 5 rings (SSSR count). The van der Waals surface area contributed by atoms with Crippen LogP contribution >= 0.6 is 0 Å². The third-order valence-corrected chi connectivity index (χ3v) is 5.40. The normalized spacial score (nSPS) is 10.9. The number of oxazole rings is 1. The second-order valence-electron chi connectivity index (χ2n) is 8.06. The Hall–Kier alpha value is -4.72. The SMILES string of the molecule is CC(=O)c1ccc(Cn2cc(NC(=O)c3nc(C)oc3-c3cccc(-c4ccccc4)c3)cn2)o1. The van der Waals surface area contributed by atoms with Gasteiger partial charge >= 0.3 is 0 Å². The third-order valence-electron chi connectivity index (χ3n) is 5.40. The minimum Gasteiger partial charge on any atom is -0.456 e. The second-order valence-corrected chi connectivity index (χ2v) is 8.06. The summed E-state index contributed by atoms with van der Waals surface area (Å²) in [7, 11) is 0. The molecule has 0 fully saturated rings. The van der Waals surface area contributed by atoms with Gasteiger partial charge in [-0.25, -0.2) is 4.98 Å². The van der Waals surface area contributed by atoms with Gasteiger partial charge in [0.15, 0.2) is 28.9 Å². The first kappa shape index (κ1) is 22.1. The minimum atomic E-state index is -0.404. The maximum absolute atomic E-state index is 13.1. The summed E-state index contributed by atoms with van der Waals surface area (Å²) in [6.45, 7) is 3.48. The molecular formula is C27H22N4O4. The highest BCUT2D eigenvalue weighted by Crippen LogP contribution is 2.30. The van der Waals surface area contributed by atoms with E-state index >= 15 is 0 Å². The van der Waals surface area contributed by atoms with Gasteiger partial charge in [-0.15, -0.1) is 0 Å². The lowest BCUT2D eigenvalue weighted by molar-refractivity contribution is 0.0983. The number of carbonyl (C=O) groups is 2. The van der Waals surface area contributed by atoms with Crippen LogP contribution in [-0.2, 0) is 6.54 Å². The molecule has 2 aromatic carbocycles. The summed E-state index contributed by atoms with van der Waals surface area (Å²) in [5.74, 6) is 1.13. The summed E-state index contributed by atoms with van der Waals surface area (Å²) in [6, 6.07) is 21.1. The molecule has 0 saturated heterocycles. The van der Waals surface area contributed by atoms with E-state index in [0.29, 0.717) is 35.4 Å². The lowest BCUT2D eigenvalue weighted by atomic mass is 10.0. The molecule has 8 heteroatoms. The topological polar surface area (TPSA) is 103 Å². The number of aromatic nitrogens is 3. The summed E-state index contributed by atoms with van der Waals surface area (Å²) in [5, 5.41) is 7.08. The van der Waals surface area contributed by atoms with Crippen LogP contribution in [0.5, 0.6) is 0 Å². The van der Waals surface area contributed by atoms with Crippen molar-refractivity contribution in [2.24, 2.45) is 0 Å². The summed E-state index contributed by atoms with van der Waals surface area (Å²) in [6.07, 6.45) is 3.21. The van der Waals surface area contributed by atoms with Gasteiger partial charge in [0, 0.05) is 25.6 Å². The Labute approximate surface area is 201 Å². The summed E-state index contributed by atoms with van der Waals surface area (Å²) in [4.78, 5) is 28.8. The molecule has 174 valence electrons. The van der Waals surface area contributed by atoms with Crippen molar-refractivity contribution in [3.63, 3.8) is 0 Å². The highest BCUT2D eigenvalue weighted by molar-refractivity contribution is 6.06. The number of ketones is 1. The molecule has 1 amide bonds. The highest BCUT2D eigenvalue weighted by Gasteiger charge is 2.21. The first-order valence-electron chi connectivity index (χ1n) is 11.0. The van der Waals surface area contributed by atoms with Gasteiger partial charge in [0.05, 0.1) is 18.4 Å². The molecule has 0 aliphatic carbocycles. The third kappa shape index (κ3) is 4.81. The number of Topliss-reactive ketones (excluding diaryl/α,β-unsaturated/α-hetero) is 1. The molecular weight excluding hydrogens is 444 g/mol. The van der Waals surface area contributed by atoms with Gasteiger partial charge in [0.2, 0.25) is 0 Å². The molecule has 0 radical (unpaired) electrons. The predicted molar refractivity (Wildman–Crippen MR) is 130 cm³/mol. The van der Waals surface area contributed by atoms with E-state index in [1.165, 1.54) is 13.1 Å². The summed E-state index contributed by atoms with van der Waals surface area (Å²) in [5.41, 5.74) is 3.52. The quantitative estimate of drug-likeness (QED) is 0.313. The number of aryl methyl sites for hydroxylation is 1. The van der Waals surface area contributed by atoms with E-state index in [2.05, 4.69) is 15.4 Å². The average molecular weight is 466 g/mol. The molecule has 0 bridgehead atoms. The number of benzene rings is 2. The zero-order valence-electron chi connectivity index (χ0n) is 19.2. The van der Waals surface area contributed by atoms with Crippen molar-refractivity contribution < 1.29 is 18.4 Å². The monoisotopic (exact) mass is 466 g/mol. The maximum atomic E-state index is 13.1. The van der Waals surface area contributed by atoms with Gasteiger partial charge in [-0.1, -0.05) is 48.5 Å². The first-order chi connectivity index (χ1) is 17.0. The van der Waals surface area contributed by atoms with E-state index in [-0.39, 0.29) is 11.5 Å². The van der Waals surface area contributed by atoms with Crippen LogP contribution in [0.1, 0.15) is 39.6 Å². The van der Waals surface area contributed by atoms with Crippen LogP contribution in [0.4, 0.5) is 5.69 Å². The Morgan fingerprint density at radius 1 is 0.943 bits per heavy atom. The van der Waals surface area contributed by atoms with Gasteiger partial charge in [-0.05, 0) is 29.3 Å². The van der Waals surface area contributed by atoms with E-state index in [9.17, 15) is 9.59 Å². The van der Waals surface area contributed by atoms with Crippen LogP contribution in [0.15, 0.2) is 88.0 Å². The molecule has 5 aromatic rings. The van der Waals surface area contributed by atoms with Crippen molar-refractivity contribution in [2.45, 2.75) is 20.4 Å². The number of hydrogen-bond donors (Lipinski definition) is 1. The van der Waals surface area contributed by atoms with E-state index in [1.807, 2.05) is 54.6 Å². The molecule has 1 N–H and O–H groups in total. The molecule has 8 nitrogen and oxygen atoms in total. The number of nitrogens with one attached hydrogen (secondary N) is 1. The van der Waals surface area contributed by atoms with Crippen LogP contribution in [0.3, 0.4) is 0 Å². The van der Waals surface area contributed by atoms with Crippen molar-refractivity contribution in [1.29, 1.82) is 0 Å². The Morgan fingerprint density at radius 3 is 2.49 bits per heavy atom. The van der Waals surface area contributed by atoms with Gasteiger partial charge in [0.1, 0.15) is 5.76 Å². The number of furan rings is 1. The fraction of sp³-hybridized carbons (Fsp3) is 0.111. The van der Waals surface area contributed by atoms with E-state index in [1.54, 1.807) is 29.9 Å². The Bertz CT molecular complexity index is 1510. The second kappa shape index (κ2) is 9.26. The standard InChI is InChI=1S/C27H22N4O4/c1-17(32)24-12-11-23(35-24)16-31-15-22(14-28-31)30-27(33)25-26(34-18(2)29-25)21-10-6-9-20(13-21)19-7-4-3-5-8-19/h3-15H,16H2,1-2H3,(H,30,33). The zero-order chi connectivity index (χ0) is 24.4. The fourth-order valence-corrected chi connectivity index (χ4v) is 3.76. The smallest absolute Gasteiger partial charge is 0.278 e.